The molecule has 0 saturated carbocycles. The minimum Gasteiger partial charge on any atom is -0.354 e. The van der Waals surface area contributed by atoms with Gasteiger partial charge < -0.3 is 5.32 Å². The normalized spacial score (nSPS) is 15.6. The van der Waals surface area contributed by atoms with E-state index < -0.39 is 0 Å². The zero-order valence-electron chi connectivity index (χ0n) is 9.79. The van der Waals surface area contributed by atoms with Gasteiger partial charge in [-0.05, 0) is 11.8 Å². The molecule has 88 valence electrons. The Labute approximate surface area is 106 Å². The smallest absolute Gasteiger partial charge is 0.115 e. The average molecular weight is 245 g/mol. The molecule has 0 fully saturated rings. The highest BCUT2D eigenvalue weighted by Gasteiger charge is 2.20. The second kappa shape index (κ2) is 5.10. The SMILES string of the molecule is C=C(N/N=C1\C(=C)Nc2ccccc21)SCC. The second-order valence-electron chi connectivity index (χ2n) is 3.58. The lowest BCUT2D eigenvalue weighted by molar-refractivity contribution is 0.954. The molecular weight excluding hydrogens is 230 g/mol. The van der Waals surface area contributed by atoms with Crippen molar-refractivity contribution in [2.75, 3.05) is 11.1 Å². The van der Waals surface area contributed by atoms with E-state index in [4.69, 9.17) is 0 Å². The summed E-state index contributed by atoms with van der Waals surface area (Å²) in [6.07, 6.45) is 0. The van der Waals surface area contributed by atoms with Crippen LogP contribution in [-0.2, 0) is 0 Å². The van der Waals surface area contributed by atoms with Gasteiger partial charge in [0.05, 0.1) is 10.7 Å². The van der Waals surface area contributed by atoms with E-state index in [0.29, 0.717) is 0 Å². The molecule has 0 saturated heterocycles. The summed E-state index contributed by atoms with van der Waals surface area (Å²) in [5.41, 5.74) is 6.73. The predicted molar refractivity (Wildman–Crippen MR) is 76.1 cm³/mol. The zero-order chi connectivity index (χ0) is 12.3. The average Bonchev–Trinajstić information content (AvgIpc) is 2.62. The highest BCUT2D eigenvalue weighted by atomic mass is 32.2. The Kier molecular flexibility index (Phi) is 3.54. The number of benzene rings is 1. The monoisotopic (exact) mass is 245 g/mol. The van der Waals surface area contributed by atoms with Crippen molar-refractivity contribution in [3.05, 3.63) is 53.7 Å². The molecule has 3 nitrogen and oxygen atoms in total. The molecule has 0 atom stereocenters. The number of rotatable bonds is 4. The first-order chi connectivity index (χ1) is 8.22. The molecule has 0 aromatic heterocycles. The first-order valence-electron chi connectivity index (χ1n) is 5.43. The summed E-state index contributed by atoms with van der Waals surface area (Å²) < 4.78 is 0. The Morgan fingerprint density at radius 3 is 3.00 bits per heavy atom. The number of allylic oxidation sites excluding steroid dienone is 1. The van der Waals surface area contributed by atoms with Crippen molar-refractivity contribution in [3.8, 4) is 0 Å². The standard InChI is InChI=1S/C13H15N3S/c1-4-17-10(3)15-16-13-9(2)14-12-8-6-5-7-11(12)13/h5-8,14-15H,2-4H2,1H3/b16-13+. The fraction of sp³-hybridized carbons (Fsp3) is 0.154. The maximum atomic E-state index is 4.35. The van der Waals surface area contributed by atoms with Gasteiger partial charge in [-0.2, -0.15) is 5.10 Å². The number of anilines is 1. The molecule has 0 radical (unpaired) electrons. The van der Waals surface area contributed by atoms with Gasteiger partial charge in [-0.3, -0.25) is 5.43 Å². The van der Waals surface area contributed by atoms with Crippen molar-refractivity contribution in [1.29, 1.82) is 0 Å². The van der Waals surface area contributed by atoms with Crippen LogP contribution >= 0.6 is 11.8 Å². The summed E-state index contributed by atoms with van der Waals surface area (Å²) in [6, 6.07) is 8.01. The molecule has 0 bridgehead atoms. The van der Waals surface area contributed by atoms with Gasteiger partial charge in [0.25, 0.3) is 0 Å². The molecule has 0 unspecified atom stereocenters. The number of hydrazone groups is 1. The van der Waals surface area contributed by atoms with Crippen LogP contribution in [0.3, 0.4) is 0 Å². The molecule has 0 amide bonds. The Morgan fingerprint density at radius 2 is 2.24 bits per heavy atom. The number of hydrogen-bond donors (Lipinski definition) is 2. The largest absolute Gasteiger partial charge is 0.354 e. The van der Waals surface area contributed by atoms with Crippen LogP contribution in [-0.4, -0.2) is 11.5 Å². The van der Waals surface area contributed by atoms with Gasteiger partial charge in [-0.1, -0.05) is 38.3 Å². The molecule has 1 aromatic carbocycles. The van der Waals surface area contributed by atoms with E-state index >= 15 is 0 Å². The number of fused-ring (bicyclic) bond motifs is 1. The molecule has 1 aromatic rings. The van der Waals surface area contributed by atoms with Crippen LogP contribution < -0.4 is 10.7 Å². The molecule has 0 aliphatic carbocycles. The van der Waals surface area contributed by atoms with Crippen molar-refractivity contribution in [3.63, 3.8) is 0 Å². The highest BCUT2D eigenvalue weighted by Crippen LogP contribution is 2.27. The first-order valence-corrected chi connectivity index (χ1v) is 6.42. The van der Waals surface area contributed by atoms with Gasteiger partial charge in [0, 0.05) is 11.3 Å². The minimum absolute atomic E-state index is 0.813. The Morgan fingerprint density at radius 1 is 1.47 bits per heavy atom. The summed E-state index contributed by atoms with van der Waals surface area (Å²) in [5.74, 6) is 0.979. The van der Waals surface area contributed by atoms with Crippen molar-refractivity contribution < 1.29 is 0 Å². The van der Waals surface area contributed by atoms with E-state index in [2.05, 4.69) is 35.9 Å². The molecular formula is C13H15N3S. The molecule has 2 rings (SSSR count). The van der Waals surface area contributed by atoms with E-state index in [9.17, 15) is 0 Å². The zero-order valence-corrected chi connectivity index (χ0v) is 10.6. The lowest BCUT2D eigenvalue weighted by atomic mass is 10.1. The Bertz CT molecular complexity index is 491. The molecule has 1 aliphatic rings. The number of thioether (sulfide) groups is 1. The maximum Gasteiger partial charge on any atom is 0.115 e. The van der Waals surface area contributed by atoms with Gasteiger partial charge in [0.1, 0.15) is 5.71 Å². The van der Waals surface area contributed by atoms with E-state index in [1.54, 1.807) is 11.8 Å². The van der Waals surface area contributed by atoms with E-state index in [-0.39, 0.29) is 0 Å². The molecule has 4 heteroatoms. The summed E-state index contributed by atoms with van der Waals surface area (Å²) in [7, 11) is 0. The molecule has 2 N–H and O–H groups in total. The molecule has 1 heterocycles. The van der Waals surface area contributed by atoms with Crippen LogP contribution in [0.25, 0.3) is 0 Å². The highest BCUT2D eigenvalue weighted by molar-refractivity contribution is 8.02. The van der Waals surface area contributed by atoms with E-state index in [0.717, 1.165) is 33.4 Å². The molecule has 17 heavy (non-hydrogen) atoms. The van der Waals surface area contributed by atoms with Gasteiger partial charge >= 0.3 is 0 Å². The van der Waals surface area contributed by atoms with Gasteiger partial charge in [-0.25, -0.2) is 0 Å². The topological polar surface area (TPSA) is 36.4 Å². The van der Waals surface area contributed by atoms with E-state index in [1.807, 2.05) is 24.3 Å². The lowest BCUT2D eigenvalue weighted by Crippen LogP contribution is -2.09. The van der Waals surface area contributed by atoms with Crippen LogP contribution in [0.4, 0.5) is 5.69 Å². The van der Waals surface area contributed by atoms with Gasteiger partial charge in [0.2, 0.25) is 0 Å². The van der Waals surface area contributed by atoms with Crippen LogP contribution in [0.5, 0.6) is 0 Å². The quantitative estimate of drug-likeness (QED) is 0.800. The third kappa shape index (κ3) is 2.53. The van der Waals surface area contributed by atoms with Crippen LogP contribution in [0.15, 0.2) is 53.3 Å². The molecule has 0 spiro atoms. The van der Waals surface area contributed by atoms with Crippen LogP contribution in [0.2, 0.25) is 0 Å². The second-order valence-corrected chi connectivity index (χ2v) is 4.94. The van der Waals surface area contributed by atoms with Crippen molar-refractivity contribution >= 4 is 23.2 Å². The summed E-state index contributed by atoms with van der Waals surface area (Å²) in [6.45, 7) is 9.92. The fourth-order valence-corrected chi connectivity index (χ4v) is 2.09. The Hall–Kier alpha value is -1.68. The van der Waals surface area contributed by atoms with Crippen LogP contribution in [0.1, 0.15) is 12.5 Å². The predicted octanol–water partition coefficient (Wildman–Crippen LogP) is 3.14. The van der Waals surface area contributed by atoms with Crippen molar-refractivity contribution in [1.82, 2.24) is 5.43 Å². The number of hydrogen-bond acceptors (Lipinski definition) is 4. The first kappa shape index (κ1) is 11.8. The van der Waals surface area contributed by atoms with Crippen molar-refractivity contribution in [2.24, 2.45) is 5.10 Å². The fourth-order valence-electron chi connectivity index (χ4n) is 1.64. The third-order valence-corrected chi connectivity index (χ3v) is 3.09. The maximum absolute atomic E-state index is 4.35. The van der Waals surface area contributed by atoms with Gasteiger partial charge in [0.15, 0.2) is 0 Å². The third-order valence-electron chi connectivity index (χ3n) is 2.36. The van der Waals surface area contributed by atoms with E-state index in [1.165, 1.54) is 0 Å². The van der Waals surface area contributed by atoms with Crippen LogP contribution in [0, 0.1) is 0 Å². The summed E-state index contributed by atoms with van der Waals surface area (Å²) in [5, 5.41) is 8.39. The number of para-hydroxylation sites is 1. The number of nitrogens with one attached hydrogen (secondary N) is 2. The summed E-state index contributed by atoms with van der Waals surface area (Å²) in [4.78, 5) is 0. The Balaban J connectivity index is 2.19. The lowest BCUT2D eigenvalue weighted by Gasteiger charge is -2.04. The summed E-state index contributed by atoms with van der Waals surface area (Å²) >= 11 is 1.63. The number of nitrogens with zero attached hydrogens (tertiary/aromatic N) is 1. The minimum atomic E-state index is 0.813. The van der Waals surface area contributed by atoms with Crippen molar-refractivity contribution in [2.45, 2.75) is 6.92 Å². The molecule has 1 aliphatic heterocycles. The van der Waals surface area contributed by atoms with Gasteiger partial charge in [-0.15, -0.1) is 11.8 Å².